The Balaban J connectivity index is 1.71. The lowest BCUT2D eigenvalue weighted by atomic mass is 10.1. The Kier molecular flexibility index (Phi) is 3.60. The molecule has 20 heavy (non-hydrogen) atoms. The first-order chi connectivity index (χ1) is 9.83. The highest BCUT2D eigenvalue weighted by Gasteiger charge is 2.03. The van der Waals surface area contributed by atoms with E-state index in [1.807, 2.05) is 42.6 Å². The minimum Gasteiger partial charge on any atom is -0.467 e. The Bertz CT molecular complexity index is 720. The summed E-state index contributed by atoms with van der Waals surface area (Å²) in [7, 11) is 0. The molecule has 0 spiro atoms. The molecule has 0 amide bonds. The third kappa shape index (κ3) is 2.78. The molecule has 0 aliphatic heterocycles. The number of furan rings is 1. The second-order valence-corrected chi connectivity index (χ2v) is 4.70. The number of hydrogen-bond donors (Lipinski definition) is 2. The topological polar surface area (TPSA) is 50.1 Å². The Morgan fingerprint density at radius 1 is 1.20 bits per heavy atom. The predicted molar refractivity (Wildman–Crippen MR) is 83.5 cm³/mol. The molecule has 5 heteroatoms. The Morgan fingerprint density at radius 2 is 2.15 bits per heavy atom. The van der Waals surface area contributed by atoms with Gasteiger partial charge in [0.15, 0.2) is 5.11 Å². The molecule has 0 saturated carbocycles. The number of hydrogen-bond acceptors (Lipinski definition) is 3. The molecule has 0 fully saturated rings. The van der Waals surface area contributed by atoms with Crippen LogP contribution in [0, 0.1) is 0 Å². The van der Waals surface area contributed by atoms with Gasteiger partial charge in [0.05, 0.1) is 12.8 Å². The maximum atomic E-state index is 5.29. The average Bonchev–Trinajstić information content (AvgIpc) is 2.99. The number of pyridine rings is 1. The van der Waals surface area contributed by atoms with Gasteiger partial charge in [0.25, 0.3) is 0 Å². The van der Waals surface area contributed by atoms with Crippen molar-refractivity contribution in [1.82, 2.24) is 10.3 Å². The quantitative estimate of drug-likeness (QED) is 0.722. The molecule has 0 atom stereocenters. The number of anilines is 1. The summed E-state index contributed by atoms with van der Waals surface area (Å²) in [5, 5.41) is 9.03. The molecule has 0 aliphatic carbocycles. The largest absolute Gasteiger partial charge is 0.467 e. The van der Waals surface area contributed by atoms with Crippen molar-refractivity contribution >= 4 is 33.8 Å². The van der Waals surface area contributed by atoms with Crippen LogP contribution in [0.15, 0.2) is 59.5 Å². The van der Waals surface area contributed by atoms with Crippen molar-refractivity contribution in [2.75, 3.05) is 5.32 Å². The van der Waals surface area contributed by atoms with E-state index in [2.05, 4.69) is 15.6 Å². The SMILES string of the molecule is S=C(NCc1ccco1)Nc1cccc2cnccc12. The molecule has 1 aromatic carbocycles. The highest BCUT2D eigenvalue weighted by Crippen LogP contribution is 2.21. The first-order valence-electron chi connectivity index (χ1n) is 6.23. The standard InChI is InChI=1S/C15H13N3OS/c20-15(17-10-12-4-2-8-19-12)18-14-5-1-3-11-9-16-7-6-13(11)14/h1-9H,10H2,(H2,17,18,20). The molecule has 2 N–H and O–H groups in total. The summed E-state index contributed by atoms with van der Waals surface area (Å²) in [4.78, 5) is 4.11. The highest BCUT2D eigenvalue weighted by atomic mass is 32.1. The summed E-state index contributed by atoms with van der Waals surface area (Å²) < 4.78 is 5.25. The van der Waals surface area contributed by atoms with Gasteiger partial charge in [0.2, 0.25) is 0 Å². The van der Waals surface area contributed by atoms with Crippen LogP contribution >= 0.6 is 12.2 Å². The van der Waals surface area contributed by atoms with Crippen molar-refractivity contribution in [2.24, 2.45) is 0 Å². The van der Waals surface area contributed by atoms with Gasteiger partial charge in [-0.2, -0.15) is 0 Å². The van der Waals surface area contributed by atoms with Crippen molar-refractivity contribution in [3.63, 3.8) is 0 Å². The summed E-state index contributed by atoms with van der Waals surface area (Å²) >= 11 is 5.29. The van der Waals surface area contributed by atoms with E-state index in [4.69, 9.17) is 16.6 Å². The summed E-state index contributed by atoms with van der Waals surface area (Å²) in [5.74, 6) is 0.844. The van der Waals surface area contributed by atoms with Gasteiger partial charge in [-0.15, -0.1) is 0 Å². The number of fused-ring (bicyclic) bond motifs is 1. The number of aromatic nitrogens is 1. The average molecular weight is 283 g/mol. The van der Waals surface area contributed by atoms with Crippen LogP contribution in [-0.4, -0.2) is 10.1 Å². The second kappa shape index (κ2) is 5.71. The van der Waals surface area contributed by atoms with E-state index in [1.54, 1.807) is 12.5 Å². The fourth-order valence-electron chi connectivity index (χ4n) is 1.98. The molecule has 4 nitrogen and oxygen atoms in total. The highest BCUT2D eigenvalue weighted by molar-refractivity contribution is 7.80. The molecule has 0 unspecified atom stereocenters. The second-order valence-electron chi connectivity index (χ2n) is 4.29. The van der Waals surface area contributed by atoms with Crippen molar-refractivity contribution < 1.29 is 4.42 Å². The Hall–Kier alpha value is -2.40. The van der Waals surface area contributed by atoms with Crippen LogP contribution in [0.4, 0.5) is 5.69 Å². The monoisotopic (exact) mass is 283 g/mol. The van der Waals surface area contributed by atoms with Crippen molar-refractivity contribution in [1.29, 1.82) is 0 Å². The van der Waals surface area contributed by atoms with E-state index in [0.717, 1.165) is 22.2 Å². The van der Waals surface area contributed by atoms with Crippen LogP contribution in [-0.2, 0) is 6.54 Å². The third-order valence-electron chi connectivity index (χ3n) is 2.93. The first-order valence-corrected chi connectivity index (χ1v) is 6.64. The van der Waals surface area contributed by atoms with E-state index < -0.39 is 0 Å². The lowest BCUT2D eigenvalue weighted by molar-refractivity contribution is 0.503. The molecular weight excluding hydrogens is 270 g/mol. The van der Waals surface area contributed by atoms with Gasteiger partial charge in [-0.25, -0.2) is 0 Å². The van der Waals surface area contributed by atoms with Crippen molar-refractivity contribution in [2.45, 2.75) is 6.54 Å². The lowest BCUT2D eigenvalue weighted by Crippen LogP contribution is -2.27. The van der Waals surface area contributed by atoms with Gasteiger partial charge < -0.3 is 15.1 Å². The fraction of sp³-hybridized carbons (Fsp3) is 0.0667. The van der Waals surface area contributed by atoms with E-state index in [1.165, 1.54) is 0 Å². The molecular formula is C15H13N3OS. The van der Waals surface area contributed by atoms with Crippen LogP contribution < -0.4 is 10.6 Å². The van der Waals surface area contributed by atoms with Crippen LogP contribution in [0.25, 0.3) is 10.8 Å². The van der Waals surface area contributed by atoms with Crippen molar-refractivity contribution in [3.05, 3.63) is 60.8 Å². The van der Waals surface area contributed by atoms with Gasteiger partial charge >= 0.3 is 0 Å². The number of thiocarbonyl (C=S) groups is 1. The molecule has 0 aliphatic rings. The number of benzene rings is 1. The summed E-state index contributed by atoms with van der Waals surface area (Å²) in [6, 6.07) is 11.7. The first kappa shape index (κ1) is 12.6. The lowest BCUT2D eigenvalue weighted by Gasteiger charge is -2.11. The van der Waals surface area contributed by atoms with Gasteiger partial charge in [-0.05, 0) is 36.5 Å². The molecule has 0 radical (unpaired) electrons. The number of rotatable bonds is 3. The summed E-state index contributed by atoms with van der Waals surface area (Å²) in [5.41, 5.74) is 0.960. The van der Waals surface area contributed by atoms with Crippen molar-refractivity contribution in [3.8, 4) is 0 Å². The molecule has 2 heterocycles. The van der Waals surface area contributed by atoms with E-state index in [0.29, 0.717) is 11.7 Å². The van der Waals surface area contributed by atoms with E-state index >= 15 is 0 Å². The zero-order valence-corrected chi connectivity index (χ0v) is 11.5. The Labute approximate surface area is 121 Å². The fourth-order valence-corrected chi connectivity index (χ4v) is 2.16. The van der Waals surface area contributed by atoms with Crippen LogP contribution in [0.2, 0.25) is 0 Å². The Morgan fingerprint density at radius 3 is 3.00 bits per heavy atom. The van der Waals surface area contributed by atoms with Crippen LogP contribution in [0.1, 0.15) is 5.76 Å². The van der Waals surface area contributed by atoms with E-state index in [-0.39, 0.29) is 0 Å². The number of nitrogens with one attached hydrogen (secondary N) is 2. The molecule has 0 saturated heterocycles. The van der Waals surface area contributed by atoms with Gasteiger partial charge in [0, 0.05) is 28.9 Å². The molecule has 2 aromatic heterocycles. The van der Waals surface area contributed by atoms with Crippen LogP contribution in [0.5, 0.6) is 0 Å². The molecule has 3 rings (SSSR count). The maximum Gasteiger partial charge on any atom is 0.171 e. The summed E-state index contributed by atoms with van der Waals surface area (Å²) in [6.45, 7) is 0.561. The molecule has 0 bridgehead atoms. The predicted octanol–water partition coefficient (Wildman–Crippen LogP) is 3.31. The minimum atomic E-state index is 0.561. The van der Waals surface area contributed by atoms with Gasteiger partial charge in [-0.1, -0.05) is 12.1 Å². The molecule has 3 aromatic rings. The molecule has 100 valence electrons. The van der Waals surface area contributed by atoms with E-state index in [9.17, 15) is 0 Å². The summed E-state index contributed by atoms with van der Waals surface area (Å²) in [6.07, 6.45) is 5.25. The minimum absolute atomic E-state index is 0.561. The zero-order valence-electron chi connectivity index (χ0n) is 10.7. The third-order valence-corrected chi connectivity index (χ3v) is 3.18. The smallest absolute Gasteiger partial charge is 0.171 e. The zero-order chi connectivity index (χ0) is 13.8. The van der Waals surface area contributed by atoms with Crippen LogP contribution in [0.3, 0.4) is 0 Å². The normalized spacial score (nSPS) is 10.4. The maximum absolute atomic E-state index is 5.29. The van der Waals surface area contributed by atoms with Gasteiger partial charge in [0.1, 0.15) is 5.76 Å². The van der Waals surface area contributed by atoms with Gasteiger partial charge in [-0.3, -0.25) is 4.98 Å². The number of nitrogens with zero attached hydrogens (tertiary/aromatic N) is 1.